The smallest absolute Gasteiger partial charge is 0.000706 e. The van der Waals surface area contributed by atoms with E-state index in [2.05, 4.69) is 97.1 Å². The van der Waals surface area contributed by atoms with Crippen LogP contribution in [0.1, 0.15) is 11.1 Å². The standard InChI is InChI=1S/C25H18/c1-3-9-18(10-4-1)21-15-16-23(19-11-5-2-6-12-19)25-22-14-8-7-13-20(22)17-24(21)25/h1-16H,17H2. The van der Waals surface area contributed by atoms with Crippen molar-refractivity contribution in [2.45, 2.75) is 6.42 Å². The van der Waals surface area contributed by atoms with E-state index >= 15 is 0 Å². The Morgan fingerprint density at radius 2 is 1.00 bits per heavy atom. The van der Waals surface area contributed by atoms with Crippen molar-refractivity contribution in [2.75, 3.05) is 0 Å². The molecule has 0 saturated carbocycles. The van der Waals surface area contributed by atoms with Crippen molar-refractivity contribution in [2.24, 2.45) is 0 Å². The SMILES string of the molecule is c1ccc(-c2ccc(-c3ccccc3)c3c2Cc2ccccc2-3)cc1. The van der Waals surface area contributed by atoms with Crippen LogP contribution in [-0.4, -0.2) is 0 Å². The van der Waals surface area contributed by atoms with Gasteiger partial charge in [0.2, 0.25) is 0 Å². The Morgan fingerprint density at radius 1 is 0.440 bits per heavy atom. The van der Waals surface area contributed by atoms with E-state index in [-0.39, 0.29) is 0 Å². The fraction of sp³-hybridized carbons (Fsp3) is 0.0400. The summed E-state index contributed by atoms with van der Waals surface area (Å²) in [7, 11) is 0. The summed E-state index contributed by atoms with van der Waals surface area (Å²) >= 11 is 0. The molecule has 25 heavy (non-hydrogen) atoms. The molecule has 5 rings (SSSR count). The first-order chi connectivity index (χ1) is 12.4. The number of hydrogen-bond acceptors (Lipinski definition) is 0. The zero-order chi connectivity index (χ0) is 16.6. The van der Waals surface area contributed by atoms with Gasteiger partial charge in [-0.25, -0.2) is 0 Å². The highest BCUT2D eigenvalue weighted by atomic mass is 14.3. The van der Waals surface area contributed by atoms with Crippen molar-refractivity contribution in [1.82, 2.24) is 0 Å². The van der Waals surface area contributed by atoms with Crippen LogP contribution in [0.2, 0.25) is 0 Å². The maximum Gasteiger partial charge on any atom is -0.000706 e. The molecule has 0 saturated heterocycles. The van der Waals surface area contributed by atoms with Crippen molar-refractivity contribution in [3.05, 3.63) is 108 Å². The van der Waals surface area contributed by atoms with Gasteiger partial charge in [0.05, 0.1) is 0 Å². The van der Waals surface area contributed by atoms with Crippen LogP contribution in [0, 0.1) is 0 Å². The van der Waals surface area contributed by atoms with Crippen molar-refractivity contribution in [3.8, 4) is 33.4 Å². The third-order valence-corrected chi connectivity index (χ3v) is 5.14. The molecule has 0 aromatic heterocycles. The molecule has 4 aromatic carbocycles. The lowest BCUT2D eigenvalue weighted by Crippen LogP contribution is -1.91. The van der Waals surface area contributed by atoms with E-state index in [1.807, 2.05) is 0 Å². The van der Waals surface area contributed by atoms with E-state index in [0.29, 0.717) is 0 Å². The van der Waals surface area contributed by atoms with Gasteiger partial charge in [-0.15, -0.1) is 0 Å². The van der Waals surface area contributed by atoms with Crippen LogP contribution in [0.3, 0.4) is 0 Å². The molecular formula is C25H18. The summed E-state index contributed by atoms with van der Waals surface area (Å²) in [4.78, 5) is 0. The molecule has 0 aliphatic heterocycles. The lowest BCUT2D eigenvalue weighted by molar-refractivity contribution is 1.26. The first kappa shape index (κ1) is 14.2. The monoisotopic (exact) mass is 318 g/mol. The molecule has 4 aromatic rings. The van der Waals surface area contributed by atoms with Gasteiger partial charge in [0.25, 0.3) is 0 Å². The fourth-order valence-electron chi connectivity index (χ4n) is 3.99. The zero-order valence-corrected chi connectivity index (χ0v) is 13.9. The van der Waals surface area contributed by atoms with Crippen molar-refractivity contribution >= 4 is 0 Å². The predicted molar refractivity (Wildman–Crippen MR) is 106 cm³/mol. The molecule has 1 aliphatic carbocycles. The molecule has 0 radical (unpaired) electrons. The van der Waals surface area contributed by atoms with Gasteiger partial charge in [0.15, 0.2) is 0 Å². The number of fused-ring (bicyclic) bond motifs is 3. The van der Waals surface area contributed by atoms with Crippen molar-refractivity contribution < 1.29 is 0 Å². The second-order valence-corrected chi connectivity index (χ2v) is 6.58. The van der Waals surface area contributed by atoms with E-state index in [9.17, 15) is 0 Å². The Bertz CT molecular complexity index is 1040. The van der Waals surface area contributed by atoms with Gasteiger partial charge in [0.1, 0.15) is 0 Å². The third-order valence-electron chi connectivity index (χ3n) is 5.14. The maximum absolute atomic E-state index is 2.29. The van der Waals surface area contributed by atoms with E-state index in [1.54, 1.807) is 0 Å². The predicted octanol–water partition coefficient (Wildman–Crippen LogP) is 6.59. The molecule has 0 N–H and O–H groups in total. The average molecular weight is 318 g/mol. The largest absolute Gasteiger partial charge is 0.0622 e. The Balaban J connectivity index is 1.81. The molecule has 1 aliphatic rings. The fourth-order valence-corrected chi connectivity index (χ4v) is 3.99. The van der Waals surface area contributed by atoms with Gasteiger partial charge in [-0.05, 0) is 50.9 Å². The second kappa shape index (κ2) is 5.75. The molecule has 118 valence electrons. The Morgan fingerprint density at radius 3 is 1.72 bits per heavy atom. The van der Waals surface area contributed by atoms with Crippen LogP contribution in [0.4, 0.5) is 0 Å². The summed E-state index contributed by atoms with van der Waals surface area (Å²) in [6, 6.07) is 34.9. The molecular weight excluding hydrogens is 300 g/mol. The van der Waals surface area contributed by atoms with Crippen molar-refractivity contribution in [3.63, 3.8) is 0 Å². The maximum atomic E-state index is 2.29. The third kappa shape index (κ3) is 2.30. The van der Waals surface area contributed by atoms with Crippen LogP contribution >= 0.6 is 0 Å². The minimum atomic E-state index is 1.01. The van der Waals surface area contributed by atoms with Gasteiger partial charge in [-0.1, -0.05) is 97.1 Å². The number of benzene rings is 4. The van der Waals surface area contributed by atoms with Crippen LogP contribution in [0.15, 0.2) is 97.1 Å². The minimum absolute atomic E-state index is 1.01. The van der Waals surface area contributed by atoms with Crippen LogP contribution < -0.4 is 0 Å². The van der Waals surface area contributed by atoms with E-state index in [4.69, 9.17) is 0 Å². The molecule has 0 fully saturated rings. The molecule has 0 nitrogen and oxygen atoms in total. The minimum Gasteiger partial charge on any atom is -0.0622 e. The molecule has 0 spiro atoms. The molecule has 0 atom stereocenters. The van der Waals surface area contributed by atoms with Crippen LogP contribution in [-0.2, 0) is 6.42 Å². The quantitative estimate of drug-likeness (QED) is 0.344. The van der Waals surface area contributed by atoms with Gasteiger partial charge in [-0.3, -0.25) is 0 Å². The highest BCUT2D eigenvalue weighted by Gasteiger charge is 2.24. The van der Waals surface area contributed by atoms with E-state index < -0.39 is 0 Å². The van der Waals surface area contributed by atoms with Gasteiger partial charge in [0, 0.05) is 0 Å². The Kier molecular flexibility index (Phi) is 3.28. The van der Waals surface area contributed by atoms with Gasteiger partial charge >= 0.3 is 0 Å². The summed E-state index contributed by atoms with van der Waals surface area (Å²) < 4.78 is 0. The summed E-state index contributed by atoms with van der Waals surface area (Å²) in [6.07, 6.45) is 1.01. The average Bonchev–Trinajstić information content (AvgIpc) is 3.08. The normalized spacial score (nSPS) is 11.8. The second-order valence-electron chi connectivity index (χ2n) is 6.58. The van der Waals surface area contributed by atoms with Crippen molar-refractivity contribution in [1.29, 1.82) is 0 Å². The van der Waals surface area contributed by atoms with Crippen LogP contribution in [0.5, 0.6) is 0 Å². The zero-order valence-electron chi connectivity index (χ0n) is 13.9. The lowest BCUT2D eigenvalue weighted by Gasteiger charge is -2.14. The van der Waals surface area contributed by atoms with E-state index in [0.717, 1.165) is 6.42 Å². The number of hydrogen-bond donors (Lipinski definition) is 0. The summed E-state index contributed by atoms with van der Waals surface area (Å²) in [6.45, 7) is 0. The number of rotatable bonds is 2. The summed E-state index contributed by atoms with van der Waals surface area (Å²) in [5.74, 6) is 0. The summed E-state index contributed by atoms with van der Waals surface area (Å²) in [5.41, 5.74) is 10.9. The molecule has 0 unspecified atom stereocenters. The van der Waals surface area contributed by atoms with Gasteiger partial charge in [-0.2, -0.15) is 0 Å². The first-order valence-electron chi connectivity index (χ1n) is 8.77. The van der Waals surface area contributed by atoms with Gasteiger partial charge < -0.3 is 0 Å². The lowest BCUT2D eigenvalue weighted by atomic mass is 9.89. The first-order valence-corrected chi connectivity index (χ1v) is 8.77. The molecule has 0 bridgehead atoms. The topological polar surface area (TPSA) is 0 Å². The highest BCUT2D eigenvalue weighted by molar-refractivity contribution is 5.94. The Labute approximate surface area is 148 Å². The Hall–Kier alpha value is -3.12. The highest BCUT2D eigenvalue weighted by Crippen LogP contribution is 2.46. The summed E-state index contributed by atoms with van der Waals surface area (Å²) in [5, 5.41) is 0. The molecule has 0 amide bonds. The molecule has 0 heteroatoms. The van der Waals surface area contributed by atoms with E-state index in [1.165, 1.54) is 44.5 Å². The molecule has 0 heterocycles. The van der Waals surface area contributed by atoms with Crippen LogP contribution in [0.25, 0.3) is 33.4 Å².